The lowest BCUT2D eigenvalue weighted by molar-refractivity contribution is -0.131. The lowest BCUT2D eigenvalue weighted by Gasteiger charge is -2.06. The van der Waals surface area contributed by atoms with Gasteiger partial charge in [-0.1, -0.05) is 0 Å². The molecule has 0 aliphatic carbocycles. The van der Waals surface area contributed by atoms with Crippen molar-refractivity contribution in [2.75, 3.05) is 7.11 Å². The van der Waals surface area contributed by atoms with E-state index in [4.69, 9.17) is 14.6 Å². The van der Waals surface area contributed by atoms with E-state index in [0.717, 1.165) is 6.20 Å². The quantitative estimate of drug-likeness (QED) is 0.879. The van der Waals surface area contributed by atoms with Crippen LogP contribution < -0.4 is 9.47 Å². The molecule has 19 heavy (non-hydrogen) atoms. The van der Waals surface area contributed by atoms with Gasteiger partial charge in [0.25, 0.3) is 9.84 Å². The Morgan fingerprint density at radius 2 is 1.79 bits per heavy atom. The largest absolute Gasteiger partial charge is 0.497 e. The highest BCUT2D eigenvalue weighted by Gasteiger charge is 2.36. The van der Waals surface area contributed by atoms with E-state index in [1.807, 2.05) is 0 Å². The third-order valence-electron chi connectivity index (χ3n) is 2.28. The van der Waals surface area contributed by atoms with Crippen LogP contribution in [0.2, 0.25) is 0 Å². The Bertz CT molecular complexity index is 672. The molecule has 100 valence electrons. The molecule has 0 aromatic heterocycles. The number of hydrogen-bond acceptors (Lipinski definition) is 6. The second-order valence-electron chi connectivity index (χ2n) is 3.47. The average molecular weight is 283 g/mol. The van der Waals surface area contributed by atoms with Crippen LogP contribution in [0.5, 0.6) is 11.5 Å². The number of carboxylic acids is 1. The fraction of sp³-hybridized carbons (Fsp3) is 0.0909. The molecule has 1 N–H and O–H groups in total. The van der Waals surface area contributed by atoms with Crippen molar-refractivity contribution in [2.45, 2.75) is 0 Å². The summed E-state index contributed by atoms with van der Waals surface area (Å²) in [7, 11) is -2.69. The number of carboxylic acid groups (broad SMARTS) is 1. The lowest BCUT2D eigenvalue weighted by Crippen LogP contribution is -2.22. The van der Waals surface area contributed by atoms with Gasteiger partial charge in [-0.2, -0.15) is 0 Å². The van der Waals surface area contributed by atoms with Gasteiger partial charge in [0.2, 0.25) is 0 Å². The Morgan fingerprint density at radius 1 is 1.21 bits per heavy atom. The van der Waals surface area contributed by atoms with Crippen LogP contribution in [0.15, 0.2) is 40.4 Å². The van der Waals surface area contributed by atoms with Gasteiger partial charge >= 0.3 is 11.2 Å². The zero-order chi connectivity index (χ0) is 14.0. The Morgan fingerprint density at radius 3 is 2.26 bits per heavy atom. The van der Waals surface area contributed by atoms with Gasteiger partial charge < -0.3 is 14.6 Å². The topological polar surface area (TPSA) is 102 Å². The Labute approximate surface area is 108 Å². The van der Waals surface area contributed by atoms with Crippen LogP contribution in [0.4, 0.5) is 0 Å². The first-order valence-corrected chi connectivity index (χ1v) is 6.51. The monoisotopic (exact) mass is 283 g/mol. The molecule has 1 heterocycles. The number of aliphatic carboxylic acids is 1. The molecular weight excluding hydrogens is 274 g/mol. The molecule has 0 saturated heterocycles. The molecule has 1 aromatic rings. The molecule has 0 saturated carbocycles. The van der Waals surface area contributed by atoms with Crippen LogP contribution in [-0.4, -0.2) is 31.8 Å². The Hall–Kier alpha value is -2.35. The van der Waals surface area contributed by atoms with Gasteiger partial charge in [-0.05, 0) is 24.3 Å². The van der Waals surface area contributed by atoms with Gasteiger partial charge in [0, 0.05) is 0 Å². The standard InChI is InChI=1S/C11H9NO6S/c1-17-7-2-4-8(5-3-7)18-11-12-6-9(10(13)14)19(11,15)16/h2-6H,1H3,(H,13,14). The van der Waals surface area contributed by atoms with Gasteiger partial charge in [-0.25, -0.2) is 18.2 Å². The highest BCUT2D eigenvalue weighted by Crippen LogP contribution is 2.22. The van der Waals surface area contributed by atoms with E-state index >= 15 is 0 Å². The van der Waals surface area contributed by atoms with Crippen molar-refractivity contribution >= 4 is 21.0 Å². The van der Waals surface area contributed by atoms with Crippen molar-refractivity contribution < 1.29 is 27.8 Å². The van der Waals surface area contributed by atoms with Crippen LogP contribution >= 0.6 is 0 Å². The second-order valence-corrected chi connectivity index (χ2v) is 5.27. The van der Waals surface area contributed by atoms with E-state index in [1.165, 1.54) is 19.2 Å². The van der Waals surface area contributed by atoms with E-state index in [-0.39, 0.29) is 5.75 Å². The summed E-state index contributed by atoms with van der Waals surface area (Å²) in [6, 6.07) is 6.11. The molecule has 0 spiro atoms. The fourth-order valence-corrected chi connectivity index (χ4v) is 2.35. The van der Waals surface area contributed by atoms with Crippen molar-refractivity contribution in [1.82, 2.24) is 0 Å². The van der Waals surface area contributed by atoms with Crippen molar-refractivity contribution in [1.29, 1.82) is 0 Å². The van der Waals surface area contributed by atoms with Crippen LogP contribution in [0.1, 0.15) is 0 Å². The predicted molar refractivity (Wildman–Crippen MR) is 65.7 cm³/mol. The first-order valence-electron chi connectivity index (χ1n) is 5.03. The van der Waals surface area contributed by atoms with Crippen molar-refractivity contribution in [2.24, 2.45) is 4.99 Å². The number of benzene rings is 1. The molecule has 1 aliphatic rings. The van der Waals surface area contributed by atoms with Crippen LogP contribution in [-0.2, 0) is 14.6 Å². The number of rotatable bonds is 3. The van der Waals surface area contributed by atoms with E-state index in [1.54, 1.807) is 12.1 Å². The minimum Gasteiger partial charge on any atom is -0.497 e. The molecule has 0 radical (unpaired) electrons. The second kappa shape index (κ2) is 4.73. The SMILES string of the molecule is COc1ccc(OC2=NC=C(C(=O)O)S2(=O)=O)cc1. The summed E-state index contributed by atoms with van der Waals surface area (Å²) in [6.07, 6.45) is 0.747. The molecule has 7 nitrogen and oxygen atoms in total. The summed E-state index contributed by atoms with van der Waals surface area (Å²) >= 11 is 0. The van der Waals surface area contributed by atoms with E-state index in [0.29, 0.717) is 5.75 Å². The molecule has 0 unspecified atom stereocenters. The zero-order valence-corrected chi connectivity index (χ0v) is 10.5. The minimum absolute atomic E-state index is 0.211. The van der Waals surface area contributed by atoms with E-state index < -0.39 is 25.9 Å². The normalized spacial score (nSPS) is 16.5. The van der Waals surface area contributed by atoms with E-state index in [9.17, 15) is 13.2 Å². The number of carbonyl (C=O) groups is 1. The van der Waals surface area contributed by atoms with Gasteiger partial charge in [0.05, 0.1) is 13.3 Å². The van der Waals surface area contributed by atoms with E-state index in [2.05, 4.69) is 4.99 Å². The summed E-state index contributed by atoms with van der Waals surface area (Å²) in [5.74, 6) is -0.784. The number of nitrogens with zero attached hydrogens (tertiary/aromatic N) is 1. The Balaban J connectivity index is 2.20. The molecule has 2 rings (SSSR count). The number of sulfone groups is 1. The first kappa shape index (κ1) is 13.1. The van der Waals surface area contributed by atoms with Crippen LogP contribution in [0, 0.1) is 0 Å². The predicted octanol–water partition coefficient (Wildman–Crippen LogP) is 0.784. The average Bonchev–Trinajstić information content (AvgIpc) is 2.66. The molecule has 0 bridgehead atoms. The maximum atomic E-state index is 11.7. The van der Waals surface area contributed by atoms with Crippen molar-refractivity contribution in [3.8, 4) is 11.5 Å². The molecule has 0 fully saturated rings. The van der Waals surface area contributed by atoms with Crippen LogP contribution in [0.3, 0.4) is 0 Å². The van der Waals surface area contributed by atoms with Gasteiger partial charge in [-0.15, -0.1) is 0 Å². The Kier molecular flexibility index (Phi) is 3.26. The molecule has 8 heteroatoms. The maximum Gasteiger partial charge on any atom is 0.349 e. The number of ether oxygens (including phenoxy) is 2. The van der Waals surface area contributed by atoms with Gasteiger partial charge in [0.1, 0.15) is 11.5 Å². The summed E-state index contributed by atoms with van der Waals surface area (Å²) in [4.78, 5) is 13.4. The summed E-state index contributed by atoms with van der Waals surface area (Å²) in [5, 5.41) is 8.05. The van der Waals surface area contributed by atoms with Gasteiger partial charge in [-0.3, -0.25) is 0 Å². The van der Waals surface area contributed by atoms with Crippen LogP contribution in [0.25, 0.3) is 0 Å². The third-order valence-corrected chi connectivity index (χ3v) is 3.79. The highest BCUT2D eigenvalue weighted by atomic mass is 32.2. The smallest absolute Gasteiger partial charge is 0.349 e. The highest BCUT2D eigenvalue weighted by molar-refractivity contribution is 8.10. The number of aliphatic imine (C=N–C) groups is 1. The minimum atomic E-state index is -4.18. The third kappa shape index (κ3) is 2.43. The molecular formula is C11H9NO6S. The lowest BCUT2D eigenvalue weighted by atomic mass is 10.3. The van der Waals surface area contributed by atoms with Gasteiger partial charge in [0.15, 0.2) is 4.91 Å². The molecule has 0 amide bonds. The molecule has 1 aromatic carbocycles. The maximum absolute atomic E-state index is 11.7. The summed E-state index contributed by atoms with van der Waals surface area (Å²) in [5.41, 5.74) is 0. The molecule has 0 atom stereocenters. The fourth-order valence-electron chi connectivity index (χ4n) is 1.34. The molecule has 1 aliphatic heterocycles. The van der Waals surface area contributed by atoms with Crippen molar-refractivity contribution in [3.63, 3.8) is 0 Å². The number of hydrogen-bond donors (Lipinski definition) is 1. The summed E-state index contributed by atoms with van der Waals surface area (Å²) < 4.78 is 33.5. The number of methoxy groups -OCH3 is 1. The summed E-state index contributed by atoms with van der Waals surface area (Å²) in [6.45, 7) is 0. The van der Waals surface area contributed by atoms with Crippen molar-refractivity contribution in [3.05, 3.63) is 35.4 Å². The first-order chi connectivity index (χ1) is 8.95. The zero-order valence-electron chi connectivity index (χ0n) is 9.73.